The van der Waals surface area contributed by atoms with Crippen molar-refractivity contribution in [3.63, 3.8) is 0 Å². The Labute approximate surface area is 252 Å². The quantitative estimate of drug-likeness (QED) is 0.333. The van der Waals surface area contributed by atoms with Crippen LogP contribution in [0.15, 0.2) is 71.7 Å². The number of anilines is 1. The fourth-order valence-corrected chi connectivity index (χ4v) is 5.91. The molecule has 2 amide bonds. The molecule has 1 N–H and O–H groups in total. The Morgan fingerprint density at radius 3 is 2.42 bits per heavy atom. The van der Waals surface area contributed by atoms with Crippen LogP contribution in [-0.4, -0.2) is 84.1 Å². The third-order valence-electron chi connectivity index (χ3n) is 8.28. The van der Waals surface area contributed by atoms with Crippen LogP contribution in [0.3, 0.4) is 0 Å². The lowest BCUT2D eigenvalue weighted by molar-refractivity contribution is -0.133. The van der Waals surface area contributed by atoms with Gasteiger partial charge in [-0.15, -0.1) is 0 Å². The first-order valence-electron chi connectivity index (χ1n) is 14.9. The highest BCUT2D eigenvalue weighted by molar-refractivity contribution is 6.24. The summed E-state index contributed by atoms with van der Waals surface area (Å²) in [6.45, 7) is 8.96. The average Bonchev–Trinajstić information content (AvgIpc) is 3.57. The van der Waals surface area contributed by atoms with Crippen LogP contribution in [-0.2, 0) is 27.4 Å². The van der Waals surface area contributed by atoms with Gasteiger partial charge in [-0.25, -0.2) is 4.79 Å². The van der Waals surface area contributed by atoms with Crippen molar-refractivity contribution in [2.24, 2.45) is 4.99 Å². The van der Waals surface area contributed by atoms with Crippen LogP contribution in [0.4, 0.5) is 11.4 Å². The monoisotopic (exact) mass is 579 g/mol. The zero-order chi connectivity index (χ0) is 30.1. The molecular weight excluding hydrogens is 542 g/mol. The minimum atomic E-state index is -0.650. The third-order valence-corrected chi connectivity index (χ3v) is 8.28. The van der Waals surface area contributed by atoms with E-state index in [1.807, 2.05) is 53.4 Å². The van der Waals surface area contributed by atoms with Gasteiger partial charge in [0.15, 0.2) is 0 Å². The number of esters is 1. The Bertz CT molecular complexity index is 1580. The summed E-state index contributed by atoms with van der Waals surface area (Å²) in [4.78, 5) is 50.5. The predicted octanol–water partition coefficient (Wildman–Crippen LogP) is 4.20. The van der Waals surface area contributed by atoms with Crippen molar-refractivity contribution in [2.75, 3.05) is 45.1 Å². The second kappa shape index (κ2) is 12.1. The van der Waals surface area contributed by atoms with Crippen molar-refractivity contribution in [2.45, 2.75) is 39.0 Å². The van der Waals surface area contributed by atoms with Crippen LogP contribution < -0.4 is 5.32 Å². The lowest BCUT2D eigenvalue weighted by Gasteiger charge is -2.32. The van der Waals surface area contributed by atoms with Crippen molar-refractivity contribution in [3.8, 4) is 0 Å². The lowest BCUT2D eigenvalue weighted by Crippen LogP contribution is -2.48. The molecule has 1 unspecified atom stereocenters. The highest BCUT2D eigenvalue weighted by atomic mass is 16.5. The number of benzene rings is 3. The molecule has 1 saturated heterocycles. The van der Waals surface area contributed by atoms with Gasteiger partial charge in [-0.1, -0.05) is 42.5 Å². The summed E-state index contributed by atoms with van der Waals surface area (Å²) in [6, 6.07) is 20.9. The maximum atomic E-state index is 13.4. The molecule has 0 bridgehead atoms. The van der Waals surface area contributed by atoms with Gasteiger partial charge in [0, 0.05) is 45.0 Å². The molecule has 0 saturated carbocycles. The average molecular weight is 580 g/mol. The van der Waals surface area contributed by atoms with Crippen molar-refractivity contribution >= 4 is 34.9 Å². The van der Waals surface area contributed by atoms with E-state index in [1.165, 1.54) is 0 Å². The molecule has 3 aliphatic rings. The number of hydrogen-bond donors (Lipinski definition) is 1. The number of piperazine rings is 1. The van der Waals surface area contributed by atoms with E-state index in [-0.39, 0.29) is 17.9 Å². The van der Waals surface area contributed by atoms with Gasteiger partial charge in [0.2, 0.25) is 11.8 Å². The molecule has 3 aromatic rings. The molecule has 3 heterocycles. The molecule has 9 nitrogen and oxygen atoms in total. The van der Waals surface area contributed by atoms with Gasteiger partial charge in [0.05, 0.1) is 29.6 Å². The normalized spacial score (nSPS) is 18.9. The van der Waals surface area contributed by atoms with Crippen molar-refractivity contribution in [3.05, 3.63) is 94.5 Å². The molecule has 0 spiro atoms. The largest absolute Gasteiger partial charge is 0.459 e. The summed E-state index contributed by atoms with van der Waals surface area (Å²) >= 11 is 0. The second-order valence-electron chi connectivity index (χ2n) is 11.8. The van der Waals surface area contributed by atoms with E-state index in [4.69, 9.17) is 9.73 Å². The van der Waals surface area contributed by atoms with Gasteiger partial charge in [-0.05, 0) is 67.4 Å². The van der Waals surface area contributed by atoms with E-state index in [1.54, 1.807) is 32.0 Å². The summed E-state index contributed by atoms with van der Waals surface area (Å²) in [5, 5.41) is 2.95. The maximum absolute atomic E-state index is 13.4. The van der Waals surface area contributed by atoms with Crippen molar-refractivity contribution < 1.29 is 19.1 Å². The van der Waals surface area contributed by atoms with Crippen molar-refractivity contribution in [1.29, 1.82) is 0 Å². The van der Waals surface area contributed by atoms with E-state index in [9.17, 15) is 14.4 Å². The fourth-order valence-electron chi connectivity index (χ4n) is 5.91. The third kappa shape index (κ3) is 6.23. The van der Waals surface area contributed by atoms with Gasteiger partial charge in [0.25, 0.3) is 0 Å². The summed E-state index contributed by atoms with van der Waals surface area (Å²) in [5.41, 5.74) is 6.11. The highest BCUT2D eigenvalue weighted by Crippen LogP contribution is 2.37. The minimum absolute atomic E-state index is 0.145. The molecule has 0 aromatic heterocycles. The Hall–Kier alpha value is -4.34. The number of likely N-dealkylation sites (N-methyl/N-ethyl adjacent to an activating group) is 1. The van der Waals surface area contributed by atoms with E-state index in [2.05, 4.69) is 22.2 Å². The van der Waals surface area contributed by atoms with E-state index < -0.39 is 11.9 Å². The number of carbonyl (C=O) groups is 3. The molecule has 0 radical (unpaired) electrons. The molecule has 6 rings (SSSR count). The number of nitrogens with zero attached hydrogens (tertiary/aromatic N) is 4. The Morgan fingerprint density at radius 1 is 0.930 bits per heavy atom. The number of fused-ring (bicyclic) bond motifs is 2. The van der Waals surface area contributed by atoms with Gasteiger partial charge in [-0.3, -0.25) is 19.5 Å². The number of amides is 2. The first kappa shape index (κ1) is 28.8. The number of rotatable bonds is 7. The molecule has 1 fully saturated rings. The molecule has 0 aliphatic carbocycles. The van der Waals surface area contributed by atoms with Crippen LogP contribution in [0, 0.1) is 0 Å². The number of hydrogen-bond acceptors (Lipinski definition) is 7. The smallest absolute Gasteiger partial charge is 0.338 e. The number of ether oxygens (including phenoxy) is 1. The van der Waals surface area contributed by atoms with Gasteiger partial charge >= 0.3 is 5.97 Å². The van der Waals surface area contributed by atoms with Gasteiger partial charge in [-0.2, -0.15) is 0 Å². The number of nitrogens with one attached hydrogen (secondary N) is 1. The van der Waals surface area contributed by atoms with Crippen molar-refractivity contribution in [1.82, 2.24) is 14.7 Å². The maximum Gasteiger partial charge on any atom is 0.338 e. The van der Waals surface area contributed by atoms with Crippen LogP contribution in [0.5, 0.6) is 0 Å². The Morgan fingerprint density at radius 2 is 1.67 bits per heavy atom. The molecule has 43 heavy (non-hydrogen) atoms. The molecule has 3 aromatic carbocycles. The zero-order valence-electron chi connectivity index (χ0n) is 24.9. The summed E-state index contributed by atoms with van der Waals surface area (Å²) in [5.74, 6) is -1.13. The summed E-state index contributed by atoms with van der Waals surface area (Å²) < 4.78 is 5.34. The lowest BCUT2D eigenvalue weighted by atomic mass is 9.90. The number of carbonyl (C=O) groups excluding carboxylic acids is 3. The second-order valence-corrected chi connectivity index (χ2v) is 11.8. The molecule has 9 heteroatoms. The molecule has 3 aliphatic heterocycles. The molecule has 1 atom stereocenters. The van der Waals surface area contributed by atoms with E-state index in [0.29, 0.717) is 36.6 Å². The number of aliphatic imine (C=N–C) groups is 1. The SMILES string of the molecule is CC(C)OC(=O)c1ccc2c(c1)NC(=O)C2C(=Nc1ccc2c(c1)CN(C(=O)CN1CCN(C)CC1)C2)c1ccccc1. The van der Waals surface area contributed by atoms with E-state index >= 15 is 0 Å². The first-order chi connectivity index (χ1) is 20.7. The van der Waals surface area contributed by atoms with Gasteiger partial charge < -0.3 is 19.9 Å². The Kier molecular flexibility index (Phi) is 8.10. The summed E-state index contributed by atoms with van der Waals surface area (Å²) in [6.07, 6.45) is -0.241. The van der Waals surface area contributed by atoms with Crippen LogP contribution in [0.25, 0.3) is 0 Å². The van der Waals surface area contributed by atoms with E-state index in [0.717, 1.165) is 54.1 Å². The van der Waals surface area contributed by atoms with Crippen LogP contribution >= 0.6 is 0 Å². The standard InChI is InChI=1S/C34H37N5O4/c1-22(2)43-34(42)24-10-12-28-29(18-24)36-33(41)31(28)32(23-7-5-4-6-8-23)35-27-11-9-25-19-39(20-26(25)17-27)30(40)21-38-15-13-37(3)14-16-38/h4-12,17-18,22,31H,13-16,19-21H2,1-3H3,(H,36,41). The Balaban J connectivity index is 1.26. The molecule has 222 valence electrons. The topological polar surface area (TPSA) is 94.5 Å². The first-order valence-corrected chi connectivity index (χ1v) is 14.9. The summed E-state index contributed by atoms with van der Waals surface area (Å²) in [7, 11) is 2.11. The van der Waals surface area contributed by atoms with Gasteiger partial charge in [0.1, 0.15) is 5.92 Å². The highest BCUT2D eigenvalue weighted by Gasteiger charge is 2.36. The van der Waals surface area contributed by atoms with Crippen LogP contribution in [0.2, 0.25) is 0 Å². The zero-order valence-corrected chi connectivity index (χ0v) is 24.9. The minimum Gasteiger partial charge on any atom is -0.459 e. The van der Waals surface area contributed by atoms with Crippen LogP contribution in [0.1, 0.15) is 52.4 Å². The molecular formula is C34H37N5O4. The fraction of sp³-hybridized carbons (Fsp3) is 0.353. The predicted molar refractivity (Wildman–Crippen MR) is 166 cm³/mol.